The zero-order valence-electron chi connectivity index (χ0n) is 10.8. The summed E-state index contributed by atoms with van der Waals surface area (Å²) in [6, 6.07) is 0. The Morgan fingerprint density at radius 1 is 1.50 bits per heavy atom. The largest absolute Gasteiger partial charge is 0.378 e. The number of nitrogens with zero attached hydrogens (tertiary/aromatic N) is 1. The number of nitrogens with one attached hydrogen (secondary N) is 1. The van der Waals surface area contributed by atoms with Gasteiger partial charge >= 0.3 is 0 Å². The van der Waals surface area contributed by atoms with E-state index in [9.17, 15) is 8.42 Å². The van der Waals surface area contributed by atoms with Gasteiger partial charge in [-0.1, -0.05) is 13.3 Å². The van der Waals surface area contributed by atoms with Crippen molar-refractivity contribution in [3.8, 4) is 0 Å². The topological polar surface area (TPSA) is 68.3 Å². The van der Waals surface area contributed by atoms with Gasteiger partial charge in [-0.15, -0.1) is 11.3 Å². The van der Waals surface area contributed by atoms with Gasteiger partial charge in [0.15, 0.2) is 0 Å². The third-order valence-electron chi connectivity index (χ3n) is 2.34. The fourth-order valence-corrected chi connectivity index (χ4v) is 3.42. The Bertz CT molecular complexity index is 443. The lowest BCUT2D eigenvalue weighted by atomic mass is 10.3. The number of methoxy groups -OCH3 is 1. The first kappa shape index (κ1) is 15.6. The van der Waals surface area contributed by atoms with Crippen molar-refractivity contribution in [2.24, 2.45) is 0 Å². The molecule has 1 aromatic rings. The summed E-state index contributed by atoms with van der Waals surface area (Å²) in [4.78, 5) is 4.34. The summed E-state index contributed by atoms with van der Waals surface area (Å²) in [6.45, 7) is 2.89. The molecule has 7 heteroatoms. The summed E-state index contributed by atoms with van der Waals surface area (Å²) < 4.78 is 30.6. The number of rotatable bonds is 9. The van der Waals surface area contributed by atoms with Crippen LogP contribution in [0.1, 0.15) is 30.5 Å². The molecule has 0 atom stereocenters. The summed E-state index contributed by atoms with van der Waals surface area (Å²) in [5, 5.41) is 2.86. The fourth-order valence-electron chi connectivity index (χ4n) is 1.39. The van der Waals surface area contributed by atoms with E-state index in [1.165, 1.54) is 11.3 Å². The van der Waals surface area contributed by atoms with Gasteiger partial charge in [-0.3, -0.25) is 0 Å². The fraction of sp³-hybridized carbons (Fsp3) is 0.727. The van der Waals surface area contributed by atoms with Crippen LogP contribution >= 0.6 is 11.3 Å². The third-order valence-corrected chi connectivity index (χ3v) is 4.68. The van der Waals surface area contributed by atoms with Crippen LogP contribution in [0.4, 0.5) is 0 Å². The molecule has 5 nitrogen and oxygen atoms in total. The van der Waals surface area contributed by atoms with Gasteiger partial charge in [0.1, 0.15) is 5.01 Å². The molecule has 18 heavy (non-hydrogen) atoms. The van der Waals surface area contributed by atoms with Crippen LogP contribution in [0.3, 0.4) is 0 Å². The van der Waals surface area contributed by atoms with Crippen LogP contribution in [0, 0.1) is 0 Å². The second kappa shape index (κ2) is 7.83. The van der Waals surface area contributed by atoms with Crippen molar-refractivity contribution >= 4 is 21.4 Å². The minimum Gasteiger partial charge on any atom is -0.378 e. The minimum atomic E-state index is -3.12. The number of thiazole rings is 1. The molecular formula is C11H20N2O3S2. The summed E-state index contributed by atoms with van der Waals surface area (Å²) in [6.07, 6.45) is 2.20. The number of ether oxygens (including phenoxy) is 1. The lowest BCUT2D eigenvalue weighted by Gasteiger charge is -2.04. The first-order chi connectivity index (χ1) is 8.57. The van der Waals surface area contributed by atoms with E-state index in [0.29, 0.717) is 26.0 Å². The number of hydrogen-bond acceptors (Lipinski definition) is 5. The SMILES string of the molecule is CCCCS(=O)(=O)NCCc1csc(COC)n1. The normalized spacial score (nSPS) is 11.9. The minimum absolute atomic E-state index is 0.204. The Hall–Kier alpha value is -0.500. The van der Waals surface area contributed by atoms with E-state index in [1.807, 2.05) is 12.3 Å². The molecule has 0 aromatic carbocycles. The van der Waals surface area contributed by atoms with Crippen molar-refractivity contribution < 1.29 is 13.2 Å². The van der Waals surface area contributed by atoms with Gasteiger partial charge in [0, 0.05) is 25.5 Å². The third kappa shape index (κ3) is 5.90. The molecule has 1 N–H and O–H groups in total. The second-order valence-corrected chi connectivity index (χ2v) is 6.85. The second-order valence-electron chi connectivity index (χ2n) is 3.98. The molecule has 0 amide bonds. The van der Waals surface area contributed by atoms with E-state index in [0.717, 1.165) is 17.1 Å². The molecule has 0 unspecified atom stereocenters. The zero-order chi connectivity index (χ0) is 13.4. The van der Waals surface area contributed by atoms with E-state index in [4.69, 9.17) is 4.74 Å². The smallest absolute Gasteiger partial charge is 0.211 e. The maximum Gasteiger partial charge on any atom is 0.211 e. The van der Waals surface area contributed by atoms with Crippen LogP contribution in [-0.4, -0.2) is 32.8 Å². The highest BCUT2D eigenvalue weighted by atomic mass is 32.2. The van der Waals surface area contributed by atoms with E-state index < -0.39 is 10.0 Å². The first-order valence-corrected chi connectivity index (χ1v) is 8.50. The molecule has 0 fully saturated rings. The Labute approximate surface area is 113 Å². The standard InChI is InChI=1S/C11H20N2O3S2/c1-3-4-7-18(14,15)12-6-5-10-9-17-11(13-10)8-16-2/h9,12H,3-8H2,1-2H3. The molecule has 0 radical (unpaired) electrons. The zero-order valence-corrected chi connectivity index (χ0v) is 12.4. The quantitative estimate of drug-likeness (QED) is 0.750. The molecule has 0 aliphatic carbocycles. The number of sulfonamides is 1. The van der Waals surface area contributed by atoms with Crippen LogP contribution in [0.25, 0.3) is 0 Å². The molecule has 1 rings (SSSR count). The molecule has 1 aromatic heterocycles. The molecule has 0 aliphatic rings. The summed E-state index contributed by atoms with van der Waals surface area (Å²) >= 11 is 1.53. The van der Waals surface area contributed by atoms with Crippen LogP contribution in [0.15, 0.2) is 5.38 Å². The Kier molecular flexibility index (Phi) is 6.77. The molecule has 1 heterocycles. The lowest BCUT2D eigenvalue weighted by molar-refractivity contribution is 0.184. The Morgan fingerprint density at radius 3 is 2.94 bits per heavy atom. The van der Waals surface area contributed by atoms with Crippen LogP contribution in [0.5, 0.6) is 0 Å². The van der Waals surface area contributed by atoms with Gasteiger partial charge in [0.05, 0.1) is 18.1 Å². The first-order valence-electron chi connectivity index (χ1n) is 5.97. The van der Waals surface area contributed by atoms with Gasteiger partial charge in [0.25, 0.3) is 0 Å². The van der Waals surface area contributed by atoms with E-state index in [2.05, 4.69) is 9.71 Å². The van der Waals surface area contributed by atoms with E-state index >= 15 is 0 Å². The molecular weight excluding hydrogens is 272 g/mol. The number of hydrogen-bond donors (Lipinski definition) is 1. The maximum atomic E-state index is 11.5. The predicted octanol–water partition coefficient (Wildman–Crippen LogP) is 1.55. The van der Waals surface area contributed by atoms with Crippen LogP contribution < -0.4 is 4.72 Å². The molecule has 0 saturated carbocycles. The highest BCUT2D eigenvalue weighted by molar-refractivity contribution is 7.89. The van der Waals surface area contributed by atoms with Crippen molar-refractivity contribution in [1.82, 2.24) is 9.71 Å². The number of unbranched alkanes of at least 4 members (excludes halogenated alkanes) is 1. The van der Waals surface area contributed by atoms with Gasteiger partial charge < -0.3 is 4.74 Å². The Balaban J connectivity index is 2.32. The molecule has 0 aliphatic heterocycles. The number of aromatic nitrogens is 1. The van der Waals surface area contributed by atoms with Crippen LogP contribution in [-0.2, 0) is 27.8 Å². The average molecular weight is 292 g/mol. The summed E-state index contributed by atoms with van der Waals surface area (Å²) in [7, 11) is -1.49. The molecule has 0 saturated heterocycles. The van der Waals surface area contributed by atoms with Crippen molar-refractivity contribution in [2.45, 2.75) is 32.8 Å². The molecule has 0 bridgehead atoms. The average Bonchev–Trinajstić information content (AvgIpc) is 2.75. The summed E-state index contributed by atoms with van der Waals surface area (Å²) in [5.74, 6) is 0.204. The monoisotopic (exact) mass is 292 g/mol. The summed E-state index contributed by atoms with van der Waals surface area (Å²) in [5.41, 5.74) is 0.908. The van der Waals surface area contributed by atoms with Crippen molar-refractivity contribution in [3.63, 3.8) is 0 Å². The highest BCUT2D eigenvalue weighted by Gasteiger charge is 2.09. The molecule has 0 spiro atoms. The molecule has 104 valence electrons. The lowest BCUT2D eigenvalue weighted by Crippen LogP contribution is -2.28. The van der Waals surface area contributed by atoms with Gasteiger partial charge in [-0.2, -0.15) is 0 Å². The van der Waals surface area contributed by atoms with Gasteiger partial charge in [-0.05, 0) is 6.42 Å². The maximum absolute atomic E-state index is 11.5. The highest BCUT2D eigenvalue weighted by Crippen LogP contribution is 2.10. The van der Waals surface area contributed by atoms with Crippen molar-refractivity contribution in [2.75, 3.05) is 19.4 Å². The van der Waals surface area contributed by atoms with E-state index in [-0.39, 0.29) is 5.75 Å². The van der Waals surface area contributed by atoms with Crippen molar-refractivity contribution in [1.29, 1.82) is 0 Å². The predicted molar refractivity (Wildman–Crippen MR) is 73.2 cm³/mol. The van der Waals surface area contributed by atoms with E-state index in [1.54, 1.807) is 7.11 Å². The van der Waals surface area contributed by atoms with Gasteiger partial charge in [0.2, 0.25) is 10.0 Å². The Morgan fingerprint density at radius 2 is 2.28 bits per heavy atom. The van der Waals surface area contributed by atoms with Gasteiger partial charge in [-0.25, -0.2) is 18.1 Å². The van der Waals surface area contributed by atoms with Crippen molar-refractivity contribution in [3.05, 3.63) is 16.1 Å². The van der Waals surface area contributed by atoms with Crippen LogP contribution in [0.2, 0.25) is 0 Å².